The molecule has 5 heterocycles. The van der Waals surface area contributed by atoms with Crippen molar-refractivity contribution in [1.82, 2.24) is 29.7 Å². The van der Waals surface area contributed by atoms with Crippen LogP contribution in [0.3, 0.4) is 0 Å². The number of anilines is 1. The number of aromatic amines is 1. The maximum atomic E-state index is 11.1. The summed E-state index contributed by atoms with van der Waals surface area (Å²) in [4.78, 5) is 9.32. The molecule has 1 unspecified atom stereocenters. The Morgan fingerprint density at radius 2 is 2.10 bits per heavy atom. The fraction of sp³-hybridized carbons (Fsp3) is 0.571. The third kappa shape index (κ3) is 3.36. The Bertz CT molecular complexity index is 1040. The lowest BCUT2D eigenvalue weighted by molar-refractivity contribution is -0.0459. The second kappa shape index (κ2) is 7.64. The molecular formula is C21H30N8O. The predicted molar refractivity (Wildman–Crippen MR) is 114 cm³/mol. The minimum absolute atomic E-state index is 0.0497. The number of H-pyrrole nitrogens is 1. The van der Waals surface area contributed by atoms with E-state index in [9.17, 15) is 5.11 Å². The molecule has 2 saturated heterocycles. The van der Waals surface area contributed by atoms with Crippen LogP contribution in [0.2, 0.25) is 0 Å². The van der Waals surface area contributed by atoms with E-state index >= 15 is 0 Å². The molecule has 5 rings (SSSR count). The summed E-state index contributed by atoms with van der Waals surface area (Å²) >= 11 is 0. The van der Waals surface area contributed by atoms with Crippen LogP contribution in [0.5, 0.6) is 0 Å². The fourth-order valence-corrected chi connectivity index (χ4v) is 4.85. The van der Waals surface area contributed by atoms with Crippen LogP contribution in [0.25, 0.3) is 5.65 Å². The Kier molecular flexibility index (Phi) is 4.96. The second-order valence-corrected chi connectivity index (χ2v) is 8.69. The summed E-state index contributed by atoms with van der Waals surface area (Å²) < 4.78 is 1.87. The van der Waals surface area contributed by atoms with Gasteiger partial charge in [-0.15, -0.1) is 0 Å². The first-order valence-electron chi connectivity index (χ1n) is 10.8. The molecular weight excluding hydrogens is 380 g/mol. The SMILES string of the molecule is Cc1cn2nc([C@@H]3CCCCN3C(O)c3cn[nH]c3C)cc2nc1N1CC[C@H](N)C1. The molecule has 9 nitrogen and oxygen atoms in total. The van der Waals surface area contributed by atoms with Gasteiger partial charge in [-0.2, -0.15) is 10.2 Å². The Balaban J connectivity index is 1.47. The minimum Gasteiger partial charge on any atom is -0.374 e. The number of piperidine rings is 1. The summed E-state index contributed by atoms with van der Waals surface area (Å²) in [6.07, 6.45) is 7.21. The van der Waals surface area contributed by atoms with Crippen LogP contribution < -0.4 is 10.6 Å². The van der Waals surface area contributed by atoms with Gasteiger partial charge in [-0.05, 0) is 33.1 Å². The molecule has 9 heteroatoms. The lowest BCUT2D eigenvalue weighted by Gasteiger charge is -2.37. The zero-order valence-electron chi connectivity index (χ0n) is 17.6. The average Bonchev–Trinajstić information content (AvgIpc) is 3.46. The molecule has 160 valence electrons. The molecule has 4 N–H and O–H groups in total. The van der Waals surface area contributed by atoms with Gasteiger partial charge in [0.15, 0.2) is 5.65 Å². The highest BCUT2D eigenvalue weighted by molar-refractivity contribution is 5.54. The molecule has 0 radical (unpaired) electrons. The maximum Gasteiger partial charge on any atom is 0.157 e. The van der Waals surface area contributed by atoms with Crippen molar-refractivity contribution >= 4 is 11.5 Å². The van der Waals surface area contributed by atoms with E-state index in [4.69, 9.17) is 15.8 Å². The van der Waals surface area contributed by atoms with Crippen LogP contribution in [0.4, 0.5) is 5.82 Å². The van der Waals surface area contributed by atoms with Gasteiger partial charge < -0.3 is 15.7 Å². The topological polar surface area (TPSA) is 112 Å². The number of hydrogen-bond donors (Lipinski definition) is 3. The van der Waals surface area contributed by atoms with Crippen LogP contribution in [0.15, 0.2) is 18.5 Å². The van der Waals surface area contributed by atoms with Crippen molar-refractivity contribution in [2.24, 2.45) is 5.73 Å². The molecule has 0 amide bonds. The number of nitrogens with one attached hydrogen (secondary N) is 1. The first kappa shape index (κ1) is 19.5. The summed E-state index contributed by atoms with van der Waals surface area (Å²) in [6, 6.07) is 2.33. The normalized spacial score (nSPS) is 24.1. The Hall–Kier alpha value is -2.49. The van der Waals surface area contributed by atoms with Crippen molar-refractivity contribution in [2.45, 2.75) is 57.8 Å². The number of nitrogens with zero attached hydrogens (tertiary/aromatic N) is 6. The van der Waals surface area contributed by atoms with Gasteiger partial charge in [0.1, 0.15) is 12.0 Å². The average molecular weight is 411 g/mol. The van der Waals surface area contributed by atoms with Gasteiger partial charge in [-0.1, -0.05) is 6.42 Å². The molecule has 2 aliphatic rings. The third-order valence-electron chi connectivity index (χ3n) is 6.50. The molecule has 0 saturated carbocycles. The highest BCUT2D eigenvalue weighted by atomic mass is 16.3. The van der Waals surface area contributed by atoms with Gasteiger partial charge in [0.05, 0.1) is 17.9 Å². The monoisotopic (exact) mass is 410 g/mol. The van der Waals surface area contributed by atoms with Crippen LogP contribution in [0.1, 0.15) is 60.5 Å². The van der Waals surface area contributed by atoms with Crippen molar-refractivity contribution in [3.8, 4) is 0 Å². The number of hydrogen-bond acceptors (Lipinski definition) is 7. The molecule has 0 aromatic carbocycles. The number of aliphatic hydroxyl groups excluding tert-OH is 1. The van der Waals surface area contributed by atoms with E-state index in [0.717, 1.165) is 79.3 Å². The van der Waals surface area contributed by atoms with E-state index in [2.05, 4.69) is 39.2 Å². The van der Waals surface area contributed by atoms with Crippen LogP contribution in [-0.4, -0.2) is 60.5 Å². The van der Waals surface area contributed by atoms with Crippen molar-refractivity contribution in [2.75, 3.05) is 24.5 Å². The smallest absolute Gasteiger partial charge is 0.157 e. The largest absolute Gasteiger partial charge is 0.374 e. The van der Waals surface area contributed by atoms with Crippen molar-refractivity contribution < 1.29 is 5.11 Å². The van der Waals surface area contributed by atoms with Gasteiger partial charge in [-0.25, -0.2) is 9.50 Å². The number of aryl methyl sites for hydroxylation is 2. The van der Waals surface area contributed by atoms with Gasteiger partial charge in [0, 0.05) is 54.8 Å². The van der Waals surface area contributed by atoms with Gasteiger partial charge in [-0.3, -0.25) is 10.00 Å². The summed E-state index contributed by atoms with van der Waals surface area (Å²) in [6.45, 7) is 6.63. The third-order valence-corrected chi connectivity index (χ3v) is 6.50. The van der Waals surface area contributed by atoms with E-state index in [1.54, 1.807) is 6.20 Å². The number of nitrogens with two attached hydrogens (primary N) is 1. The van der Waals surface area contributed by atoms with Crippen LogP contribution in [-0.2, 0) is 0 Å². The number of rotatable bonds is 4. The fourth-order valence-electron chi connectivity index (χ4n) is 4.85. The van der Waals surface area contributed by atoms with Crippen molar-refractivity contribution in [3.63, 3.8) is 0 Å². The van der Waals surface area contributed by atoms with E-state index in [0.29, 0.717) is 0 Å². The first-order valence-corrected chi connectivity index (χ1v) is 10.8. The Labute approximate surface area is 175 Å². The maximum absolute atomic E-state index is 11.1. The summed E-state index contributed by atoms with van der Waals surface area (Å²) in [5.74, 6) is 0.997. The summed E-state index contributed by atoms with van der Waals surface area (Å²) in [5, 5.41) is 22.9. The Morgan fingerprint density at radius 3 is 2.83 bits per heavy atom. The van der Waals surface area contributed by atoms with Crippen molar-refractivity contribution in [1.29, 1.82) is 0 Å². The van der Waals surface area contributed by atoms with Crippen molar-refractivity contribution in [3.05, 3.63) is 41.0 Å². The number of fused-ring (bicyclic) bond motifs is 1. The first-order chi connectivity index (χ1) is 14.5. The highest BCUT2D eigenvalue weighted by Crippen LogP contribution is 2.37. The minimum atomic E-state index is -0.699. The molecule has 0 spiro atoms. The van der Waals surface area contributed by atoms with Crippen LogP contribution >= 0.6 is 0 Å². The summed E-state index contributed by atoms with van der Waals surface area (Å²) in [5.41, 5.74) is 10.7. The van der Waals surface area contributed by atoms with Gasteiger partial charge >= 0.3 is 0 Å². The lowest BCUT2D eigenvalue weighted by Crippen LogP contribution is -2.37. The number of aromatic nitrogens is 5. The molecule has 2 fully saturated rings. The molecule has 30 heavy (non-hydrogen) atoms. The molecule has 2 aliphatic heterocycles. The highest BCUT2D eigenvalue weighted by Gasteiger charge is 2.33. The quantitative estimate of drug-likeness (QED) is 0.601. The zero-order valence-corrected chi connectivity index (χ0v) is 17.6. The van der Waals surface area contributed by atoms with E-state index in [-0.39, 0.29) is 12.1 Å². The standard InChI is InChI=1S/C21H30N8O/c1-13-11-29-19(24-20(13)27-8-6-15(22)12-27)9-17(26-29)18-5-3-4-7-28(18)21(30)16-10-23-25-14(16)2/h9-11,15,18,21,30H,3-8,12,22H2,1-2H3,(H,23,25)/t15-,18-,21?/m0/s1. The molecule has 0 aliphatic carbocycles. The molecule has 0 bridgehead atoms. The lowest BCUT2D eigenvalue weighted by atomic mass is 9.98. The number of likely N-dealkylation sites (tertiary alicyclic amines) is 1. The second-order valence-electron chi connectivity index (χ2n) is 8.69. The van der Waals surface area contributed by atoms with E-state index in [1.807, 2.05) is 11.4 Å². The molecule has 3 atom stereocenters. The zero-order chi connectivity index (χ0) is 20.8. The predicted octanol–water partition coefficient (Wildman–Crippen LogP) is 1.82. The number of aliphatic hydroxyl groups is 1. The molecule has 3 aromatic rings. The van der Waals surface area contributed by atoms with E-state index < -0.39 is 6.23 Å². The Morgan fingerprint density at radius 1 is 1.23 bits per heavy atom. The molecule has 3 aromatic heterocycles. The summed E-state index contributed by atoms with van der Waals surface area (Å²) in [7, 11) is 0. The van der Waals surface area contributed by atoms with E-state index in [1.165, 1.54) is 0 Å². The van der Waals surface area contributed by atoms with Crippen LogP contribution in [0, 0.1) is 13.8 Å². The van der Waals surface area contributed by atoms with Gasteiger partial charge in [0.25, 0.3) is 0 Å². The van der Waals surface area contributed by atoms with Gasteiger partial charge in [0.2, 0.25) is 0 Å².